The third kappa shape index (κ3) is 3.12. The van der Waals surface area contributed by atoms with Crippen LogP contribution >= 0.6 is 0 Å². The van der Waals surface area contributed by atoms with Crippen LogP contribution in [0.25, 0.3) is 11.0 Å². The molecular formula is C18H23NO2. The number of fused-ring (bicyclic) bond motifs is 3. The van der Waals surface area contributed by atoms with Crippen LogP contribution < -0.4 is 5.32 Å². The molecule has 2 aromatic rings. The largest absolute Gasteiger partial charge is 0.461 e. The van der Waals surface area contributed by atoms with Gasteiger partial charge in [-0.2, -0.15) is 0 Å². The van der Waals surface area contributed by atoms with Gasteiger partial charge in [-0.3, -0.25) is 4.79 Å². The maximum Gasteiger partial charge on any atom is 0.224 e. The van der Waals surface area contributed by atoms with Gasteiger partial charge in [-0.25, -0.2) is 0 Å². The Morgan fingerprint density at radius 3 is 2.90 bits per heavy atom. The van der Waals surface area contributed by atoms with Gasteiger partial charge < -0.3 is 9.73 Å². The van der Waals surface area contributed by atoms with E-state index in [4.69, 9.17) is 4.42 Å². The van der Waals surface area contributed by atoms with E-state index in [-0.39, 0.29) is 5.91 Å². The van der Waals surface area contributed by atoms with Crippen LogP contribution in [0.15, 0.2) is 22.6 Å². The third-order valence-electron chi connectivity index (χ3n) is 4.19. The summed E-state index contributed by atoms with van der Waals surface area (Å²) >= 11 is 0. The van der Waals surface area contributed by atoms with Crippen molar-refractivity contribution < 1.29 is 9.21 Å². The number of furan rings is 1. The number of carbonyl (C=O) groups is 1. The zero-order valence-electron chi connectivity index (χ0n) is 12.9. The molecule has 0 bridgehead atoms. The topological polar surface area (TPSA) is 42.2 Å². The van der Waals surface area contributed by atoms with Gasteiger partial charge in [-0.1, -0.05) is 13.8 Å². The monoisotopic (exact) mass is 285 g/mol. The number of benzene rings is 1. The highest BCUT2D eigenvalue weighted by molar-refractivity contribution is 5.94. The summed E-state index contributed by atoms with van der Waals surface area (Å²) in [6, 6.07) is 5.98. The molecule has 1 aromatic carbocycles. The summed E-state index contributed by atoms with van der Waals surface area (Å²) in [6.45, 7) is 4.27. The highest BCUT2D eigenvalue weighted by Gasteiger charge is 2.18. The first-order valence-electron chi connectivity index (χ1n) is 7.97. The quantitative estimate of drug-likeness (QED) is 0.885. The molecule has 21 heavy (non-hydrogen) atoms. The molecule has 0 spiro atoms. The Labute approximate surface area is 125 Å². The number of rotatable bonds is 4. The van der Waals surface area contributed by atoms with Crippen LogP contribution in [-0.2, 0) is 17.6 Å². The number of anilines is 1. The number of hydrogen-bond donors (Lipinski definition) is 1. The first-order valence-corrected chi connectivity index (χ1v) is 7.97. The maximum atomic E-state index is 11.9. The molecule has 0 atom stereocenters. The fourth-order valence-electron chi connectivity index (χ4n) is 2.98. The van der Waals surface area contributed by atoms with E-state index in [1.54, 1.807) is 0 Å². The predicted octanol–water partition coefficient (Wildman–Crippen LogP) is 4.69. The van der Waals surface area contributed by atoms with E-state index in [1.165, 1.54) is 23.8 Å². The smallest absolute Gasteiger partial charge is 0.224 e. The molecule has 0 aliphatic heterocycles. The standard InChI is InChI=1S/C18H23NO2/c1-12(2)7-10-18(20)19-13-8-9-17-15(11-13)14-5-3-4-6-16(14)21-17/h8-9,11-12H,3-7,10H2,1-2H3,(H,19,20). The van der Waals surface area contributed by atoms with Crippen LogP contribution in [0.2, 0.25) is 0 Å². The van der Waals surface area contributed by atoms with E-state index in [9.17, 15) is 4.79 Å². The van der Waals surface area contributed by atoms with Crippen molar-refractivity contribution >= 4 is 22.6 Å². The Hall–Kier alpha value is -1.77. The Balaban J connectivity index is 1.79. The minimum Gasteiger partial charge on any atom is -0.461 e. The van der Waals surface area contributed by atoms with E-state index in [0.717, 1.165) is 36.3 Å². The van der Waals surface area contributed by atoms with Crippen molar-refractivity contribution in [2.24, 2.45) is 5.92 Å². The molecule has 0 saturated heterocycles. The summed E-state index contributed by atoms with van der Waals surface area (Å²) in [4.78, 5) is 11.9. The van der Waals surface area contributed by atoms with Crippen molar-refractivity contribution in [1.29, 1.82) is 0 Å². The van der Waals surface area contributed by atoms with Gasteiger partial charge in [0.05, 0.1) is 0 Å². The average Bonchev–Trinajstić information content (AvgIpc) is 2.83. The molecular weight excluding hydrogens is 262 g/mol. The van der Waals surface area contributed by atoms with Crippen molar-refractivity contribution in [3.63, 3.8) is 0 Å². The minimum absolute atomic E-state index is 0.0976. The van der Waals surface area contributed by atoms with Crippen LogP contribution in [0.3, 0.4) is 0 Å². The molecule has 1 aliphatic carbocycles. The van der Waals surface area contributed by atoms with Crippen molar-refractivity contribution in [3.05, 3.63) is 29.5 Å². The number of aryl methyl sites for hydroxylation is 2. The van der Waals surface area contributed by atoms with Gasteiger partial charge in [-0.15, -0.1) is 0 Å². The fourth-order valence-corrected chi connectivity index (χ4v) is 2.98. The molecule has 1 N–H and O–H groups in total. The Morgan fingerprint density at radius 1 is 1.29 bits per heavy atom. The van der Waals surface area contributed by atoms with E-state index < -0.39 is 0 Å². The van der Waals surface area contributed by atoms with Crippen LogP contribution in [0.4, 0.5) is 5.69 Å². The highest BCUT2D eigenvalue weighted by atomic mass is 16.3. The highest BCUT2D eigenvalue weighted by Crippen LogP contribution is 2.33. The second kappa shape index (κ2) is 5.92. The molecule has 3 rings (SSSR count). The van der Waals surface area contributed by atoms with Gasteiger partial charge in [-0.05, 0) is 49.8 Å². The number of amides is 1. The molecule has 3 heteroatoms. The zero-order valence-corrected chi connectivity index (χ0v) is 12.9. The molecule has 3 nitrogen and oxygen atoms in total. The van der Waals surface area contributed by atoms with E-state index in [0.29, 0.717) is 12.3 Å². The zero-order chi connectivity index (χ0) is 14.8. The van der Waals surface area contributed by atoms with Gasteiger partial charge in [0, 0.05) is 29.5 Å². The molecule has 1 aliphatic rings. The molecule has 1 aromatic heterocycles. The lowest BCUT2D eigenvalue weighted by Crippen LogP contribution is -2.12. The lowest BCUT2D eigenvalue weighted by molar-refractivity contribution is -0.116. The van der Waals surface area contributed by atoms with Gasteiger partial charge in [0.25, 0.3) is 0 Å². The fraction of sp³-hybridized carbons (Fsp3) is 0.500. The van der Waals surface area contributed by atoms with Crippen LogP contribution in [0.1, 0.15) is 50.9 Å². The van der Waals surface area contributed by atoms with Crippen molar-refractivity contribution in [2.75, 3.05) is 5.32 Å². The van der Waals surface area contributed by atoms with E-state index >= 15 is 0 Å². The summed E-state index contributed by atoms with van der Waals surface area (Å²) < 4.78 is 5.92. The third-order valence-corrected chi connectivity index (χ3v) is 4.19. The first-order chi connectivity index (χ1) is 10.1. The molecule has 112 valence electrons. The Kier molecular flexibility index (Phi) is 4.00. The van der Waals surface area contributed by atoms with Crippen molar-refractivity contribution in [1.82, 2.24) is 0 Å². The molecule has 1 heterocycles. The predicted molar refractivity (Wildman–Crippen MR) is 85.6 cm³/mol. The SMILES string of the molecule is CC(C)CCC(=O)Nc1ccc2oc3c(c2c1)CCCC3. The van der Waals surface area contributed by atoms with Gasteiger partial charge >= 0.3 is 0 Å². The average molecular weight is 285 g/mol. The summed E-state index contributed by atoms with van der Waals surface area (Å²) in [5.74, 6) is 1.79. The second-order valence-corrected chi connectivity index (χ2v) is 6.40. The van der Waals surface area contributed by atoms with Crippen molar-refractivity contribution in [3.8, 4) is 0 Å². The van der Waals surface area contributed by atoms with Crippen LogP contribution in [0.5, 0.6) is 0 Å². The van der Waals surface area contributed by atoms with Gasteiger partial charge in [0.15, 0.2) is 0 Å². The number of carbonyl (C=O) groups excluding carboxylic acids is 1. The van der Waals surface area contributed by atoms with Crippen LogP contribution in [0, 0.1) is 5.92 Å². The summed E-state index contributed by atoms with van der Waals surface area (Å²) in [6.07, 6.45) is 6.08. The van der Waals surface area contributed by atoms with Gasteiger partial charge in [0.2, 0.25) is 5.91 Å². The lowest BCUT2D eigenvalue weighted by Gasteiger charge is -2.09. The van der Waals surface area contributed by atoms with E-state index in [1.807, 2.05) is 12.1 Å². The van der Waals surface area contributed by atoms with Crippen LogP contribution in [-0.4, -0.2) is 5.91 Å². The second-order valence-electron chi connectivity index (χ2n) is 6.40. The first kappa shape index (κ1) is 14.2. The molecule has 0 fully saturated rings. The number of hydrogen-bond acceptors (Lipinski definition) is 2. The molecule has 0 radical (unpaired) electrons. The molecule has 0 saturated carbocycles. The van der Waals surface area contributed by atoms with Crippen molar-refractivity contribution in [2.45, 2.75) is 52.4 Å². The summed E-state index contributed by atoms with van der Waals surface area (Å²) in [5, 5.41) is 4.18. The normalized spacial score (nSPS) is 14.4. The lowest BCUT2D eigenvalue weighted by atomic mass is 9.96. The molecule has 0 unspecified atom stereocenters. The summed E-state index contributed by atoms with van der Waals surface area (Å²) in [5.41, 5.74) is 3.17. The number of nitrogens with one attached hydrogen (secondary N) is 1. The molecule has 1 amide bonds. The maximum absolute atomic E-state index is 11.9. The Bertz CT molecular complexity index is 655. The summed E-state index contributed by atoms with van der Waals surface area (Å²) in [7, 11) is 0. The minimum atomic E-state index is 0.0976. The van der Waals surface area contributed by atoms with Gasteiger partial charge in [0.1, 0.15) is 11.3 Å². The Morgan fingerprint density at radius 2 is 2.10 bits per heavy atom. The van der Waals surface area contributed by atoms with E-state index in [2.05, 4.69) is 25.2 Å².